The average Bonchev–Trinajstić information content (AvgIpc) is 2.88. The van der Waals surface area contributed by atoms with Crippen molar-refractivity contribution in [2.24, 2.45) is 5.92 Å². The van der Waals surface area contributed by atoms with Gasteiger partial charge in [0.1, 0.15) is 5.01 Å². The molecule has 1 fully saturated rings. The van der Waals surface area contributed by atoms with E-state index in [1.54, 1.807) is 11.3 Å². The number of nitrogens with zero attached hydrogens (tertiary/aromatic N) is 3. The molecule has 0 aromatic carbocycles. The van der Waals surface area contributed by atoms with Gasteiger partial charge in [-0.3, -0.25) is 4.90 Å². The SMILES string of the molecule is CN1CCC(CN(C)Cc2nc(CCl)cs2)C1. The third-order valence-electron chi connectivity index (χ3n) is 3.20. The van der Waals surface area contributed by atoms with Crippen LogP contribution >= 0.6 is 22.9 Å². The van der Waals surface area contributed by atoms with Crippen molar-refractivity contribution < 1.29 is 0 Å². The van der Waals surface area contributed by atoms with Crippen LogP contribution in [0.1, 0.15) is 17.1 Å². The Morgan fingerprint density at radius 2 is 2.47 bits per heavy atom. The highest BCUT2D eigenvalue weighted by atomic mass is 35.5. The maximum atomic E-state index is 5.76. The highest BCUT2D eigenvalue weighted by molar-refractivity contribution is 7.09. The normalized spacial score (nSPS) is 21.5. The minimum absolute atomic E-state index is 0.521. The van der Waals surface area contributed by atoms with E-state index in [1.807, 2.05) is 0 Å². The van der Waals surface area contributed by atoms with E-state index < -0.39 is 0 Å². The highest BCUT2D eigenvalue weighted by Gasteiger charge is 2.20. The van der Waals surface area contributed by atoms with E-state index in [9.17, 15) is 0 Å². The first kappa shape index (κ1) is 13.3. The van der Waals surface area contributed by atoms with Crippen molar-refractivity contribution in [2.75, 3.05) is 33.7 Å². The molecule has 0 spiro atoms. The maximum Gasteiger partial charge on any atom is 0.107 e. The number of likely N-dealkylation sites (tertiary alicyclic amines) is 1. The summed E-state index contributed by atoms with van der Waals surface area (Å²) in [5.74, 6) is 1.34. The number of halogens is 1. The minimum atomic E-state index is 0.521. The third kappa shape index (κ3) is 3.91. The van der Waals surface area contributed by atoms with Gasteiger partial charge in [-0.1, -0.05) is 0 Å². The second-order valence-corrected chi connectivity index (χ2v) is 6.19. The molecule has 96 valence electrons. The van der Waals surface area contributed by atoms with Gasteiger partial charge in [0.25, 0.3) is 0 Å². The Balaban J connectivity index is 1.78. The molecule has 0 radical (unpaired) electrons. The quantitative estimate of drug-likeness (QED) is 0.768. The molecule has 2 heterocycles. The van der Waals surface area contributed by atoms with Crippen molar-refractivity contribution in [2.45, 2.75) is 18.8 Å². The largest absolute Gasteiger partial charge is 0.306 e. The fourth-order valence-corrected chi connectivity index (χ4v) is 3.50. The van der Waals surface area contributed by atoms with Crippen LogP contribution in [0.3, 0.4) is 0 Å². The van der Waals surface area contributed by atoms with Crippen molar-refractivity contribution in [1.29, 1.82) is 0 Å². The number of alkyl halides is 1. The number of aromatic nitrogens is 1. The van der Waals surface area contributed by atoms with Gasteiger partial charge in [-0.2, -0.15) is 0 Å². The van der Waals surface area contributed by atoms with Crippen LogP contribution in [0.5, 0.6) is 0 Å². The van der Waals surface area contributed by atoms with Gasteiger partial charge in [0, 0.05) is 18.5 Å². The molecule has 1 aromatic rings. The van der Waals surface area contributed by atoms with E-state index in [0.29, 0.717) is 5.88 Å². The molecular weight excluding hydrogens is 254 g/mol. The first-order chi connectivity index (χ1) is 8.17. The topological polar surface area (TPSA) is 19.4 Å². The Labute approximate surface area is 112 Å². The Morgan fingerprint density at radius 1 is 1.65 bits per heavy atom. The molecule has 5 heteroatoms. The predicted molar refractivity (Wildman–Crippen MR) is 73.6 cm³/mol. The van der Waals surface area contributed by atoms with Gasteiger partial charge in [0.2, 0.25) is 0 Å². The maximum absolute atomic E-state index is 5.76. The molecule has 1 aliphatic heterocycles. The zero-order valence-electron chi connectivity index (χ0n) is 10.5. The third-order valence-corrected chi connectivity index (χ3v) is 4.36. The summed E-state index contributed by atoms with van der Waals surface area (Å²) in [4.78, 5) is 9.28. The lowest BCUT2D eigenvalue weighted by Gasteiger charge is -2.19. The molecule has 0 aliphatic carbocycles. The van der Waals surface area contributed by atoms with E-state index in [1.165, 1.54) is 31.1 Å². The van der Waals surface area contributed by atoms with Gasteiger partial charge in [0.15, 0.2) is 0 Å². The number of rotatable bonds is 5. The molecule has 1 unspecified atom stereocenters. The predicted octanol–water partition coefficient (Wildman–Crippen LogP) is 2.27. The lowest BCUT2D eigenvalue weighted by Crippen LogP contribution is -2.27. The van der Waals surface area contributed by atoms with Gasteiger partial charge in [0.05, 0.1) is 18.1 Å². The van der Waals surface area contributed by atoms with Crippen molar-refractivity contribution >= 4 is 22.9 Å². The summed E-state index contributed by atoms with van der Waals surface area (Å²) in [6.45, 7) is 4.59. The average molecular weight is 274 g/mol. The lowest BCUT2D eigenvalue weighted by molar-refractivity contribution is 0.267. The fourth-order valence-electron chi connectivity index (χ4n) is 2.39. The van der Waals surface area contributed by atoms with Gasteiger partial charge < -0.3 is 4.90 Å². The van der Waals surface area contributed by atoms with E-state index in [-0.39, 0.29) is 0 Å². The van der Waals surface area contributed by atoms with Crippen molar-refractivity contribution in [3.63, 3.8) is 0 Å². The monoisotopic (exact) mass is 273 g/mol. The molecule has 17 heavy (non-hydrogen) atoms. The molecule has 0 N–H and O–H groups in total. The molecule has 1 saturated heterocycles. The Morgan fingerprint density at radius 3 is 3.06 bits per heavy atom. The van der Waals surface area contributed by atoms with Gasteiger partial charge in [-0.15, -0.1) is 22.9 Å². The van der Waals surface area contributed by atoms with Gasteiger partial charge in [-0.05, 0) is 33.0 Å². The molecule has 3 nitrogen and oxygen atoms in total. The van der Waals surface area contributed by atoms with E-state index in [4.69, 9.17) is 11.6 Å². The van der Waals surface area contributed by atoms with Gasteiger partial charge >= 0.3 is 0 Å². The molecule has 0 saturated carbocycles. The Kier molecular flexibility index (Phi) is 4.79. The van der Waals surface area contributed by atoms with Crippen LogP contribution < -0.4 is 0 Å². The summed E-state index contributed by atoms with van der Waals surface area (Å²) in [7, 11) is 4.38. The molecule has 1 aromatic heterocycles. The summed E-state index contributed by atoms with van der Waals surface area (Å²) in [5, 5.41) is 3.23. The van der Waals surface area contributed by atoms with Crippen molar-refractivity contribution in [1.82, 2.24) is 14.8 Å². The fraction of sp³-hybridized carbons (Fsp3) is 0.750. The van der Waals surface area contributed by atoms with Gasteiger partial charge in [-0.25, -0.2) is 4.98 Å². The highest BCUT2D eigenvalue weighted by Crippen LogP contribution is 2.18. The van der Waals surface area contributed by atoms with Crippen LogP contribution in [-0.2, 0) is 12.4 Å². The van der Waals surface area contributed by atoms with Crippen LogP contribution in [0.15, 0.2) is 5.38 Å². The molecule has 1 atom stereocenters. The zero-order valence-corrected chi connectivity index (χ0v) is 12.1. The van der Waals surface area contributed by atoms with E-state index in [0.717, 1.165) is 18.2 Å². The second kappa shape index (κ2) is 6.14. The second-order valence-electron chi connectivity index (χ2n) is 4.98. The minimum Gasteiger partial charge on any atom is -0.306 e. The summed E-state index contributed by atoms with van der Waals surface area (Å²) in [6.07, 6.45) is 1.33. The van der Waals surface area contributed by atoms with Crippen molar-refractivity contribution in [3.05, 3.63) is 16.1 Å². The van der Waals surface area contributed by atoms with E-state index >= 15 is 0 Å². The first-order valence-electron chi connectivity index (χ1n) is 6.03. The summed E-state index contributed by atoms with van der Waals surface area (Å²) >= 11 is 7.47. The molecule has 0 amide bonds. The lowest BCUT2D eigenvalue weighted by atomic mass is 10.1. The van der Waals surface area contributed by atoms with Crippen LogP contribution in [0.25, 0.3) is 0 Å². The van der Waals surface area contributed by atoms with Crippen molar-refractivity contribution in [3.8, 4) is 0 Å². The summed E-state index contributed by atoms with van der Waals surface area (Å²) < 4.78 is 0. The molecule has 1 aliphatic rings. The molecule has 0 bridgehead atoms. The summed E-state index contributed by atoms with van der Waals surface area (Å²) in [5.41, 5.74) is 1.00. The Hall–Kier alpha value is -0.160. The zero-order chi connectivity index (χ0) is 12.3. The smallest absolute Gasteiger partial charge is 0.107 e. The molecule has 2 rings (SSSR count). The number of hydrogen-bond donors (Lipinski definition) is 0. The van der Waals surface area contributed by atoms with E-state index in [2.05, 4.69) is 34.3 Å². The number of hydrogen-bond acceptors (Lipinski definition) is 4. The van der Waals surface area contributed by atoms with Crippen LogP contribution in [0.4, 0.5) is 0 Å². The standard InChI is InChI=1S/C12H20ClN3S/c1-15-4-3-10(6-15)7-16(2)8-12-14-11(5-13)9-17-12/h9-10H,3-8H2,1-2H3. The summed E-state index contributed by atoms with van der Waals surface area (Å²) in [6, 6.07) is 0. The molecular formula is C12H20ClN3S. The Bertz CT molecular complexity index is 355. The van der Waals surface area contributed by atoms with Crippen LogP contribution in [0, 0.1) is 5.92 Å². The number of thiazole rings is 1. The van der Waals surface area contributed by atoms with Crippen LogP contribution in [-0.4, -0.2) is 48.5 Å². The van der Waals surface area contributed by atoms with Crippen LogP contribution in [0.2, 0.25) is 0 Å². The first-order valence-corrected chi connectivity index (χ1v) is 7.45.